The highest BCUT2D eigenvalue weighted by Crippen LogP contribution is 2.28. The summed E-state index contributed by atoms with van der Waals surface area (Å²) in [4.78, 5) is 53.1. The molecule has 2 unspecified atom stereocenters. The molecule has 0 aliphatic heterocycles. The Bertz CT molecular complexity index is 1060. The van der Waals surface area contributed by atoms with Crippen LogP contribution in [0.1, 0.15) is 304 Å². The molecule has 0 saturated heterocycles. The zero-order chi connectivity index (χ0) is 47.0. The molecule has 0 aromatic carbocycles. The highest BCUT2D eigenvalue weighted by Gasteiger charge is 2.54. The minimum atomic E-state index is -2.71. The number of aliphatic hydroxyl groups is 1. The third kappa shape index (κ3) is 38.2. The van der Waals surface area contributed by atoms with E-state index in [9.17, 15) is 24.3 Å². The topological polar surface area (TPSA) is 116 Å². The van der Waals surface area contributed by atoms with Crippen LogP contribution in [-0.2, 0) is 33.4 Å². The molecule has 0 saturated carbocycles. The van der Waals surface area contributed by atoms with E-state index in [1.165, 1.54) is 193 Å². The van der Waals surface area contributed by atoms with Gasteiger partial charge in [0.2, 0.25) is 0 Å². The van der Waals surface area contributed by atoms with Crippen LogP contribution in [0.4, 0.5) is 0 Å². The highest BCUT2D eigenvalue weighted by atomic mass is 16.6. The number of Topliss-reactive ketones (excluding diaryl/α,β-unsaturated/α-hetero) is 1. The summed E-state index contributed by atoms with van der Waals surface area (Å²) in [6.45, 7) is 8.16. The van der Waals surface area contributed by atoms with E-state index in [0.29, 0.717) is 19.3 Å². The molecule has 64 heavy (non-hydrogen) atoms. The molecule has 0 aromatic heterocycles. The van der Waals surface area contributed by atoms with Crippen LogP contribution in [0.3, 0.4) is 0 Å². The molecule has 0 amide bonds. The van der Waals surface area contributed by atoms with Crippen LogP contribution in [0.15, 0.2) is 0 Å². The van der Waals surface area contributed by atoms with E-state index in [4.69, 9.17) is 14.2 Å². The molecule has 8 nitrogen and oxygen atoms in total. The summed E-state index contributed by atoms with van der Waals surface area (Å²) in [5.74, 6) is -5.61. The summed E-state index contributed by atoms with van der Waals surface area (Å²) in [6.07, 6.45) is 49.6. The molecule has 8 heteroatoms. The maximum Gasteiger partial charge on any atom is 0.340 e. The third-order valence-electron chi connectivity index (χ3n) is 13.1. The summed E-state index contributed by atoms with van der Waals surface area (Å²) in [5, 5.41) is 11.8. The van der Waals surface area contributed by atoms with Crippen molar-refractivity contribution in [2.24, 2.45) is 5.92 Å². The first-order valence-corrected chi connectivity index (χ1v) is 28.0. The number of hydrogen-bond donors (Lipinski definition) is 1. The van der Waals surface area contributed by atoms with Crippen molar-refractivity contribution in [3.63, 3.8) is 0 Å². The van der Waals surface area contributed by atoms with E-state index >= 15 is 0 Å². The number of rotatable bonds is 51. The van der Waals surface area contributed by atoms with Crippen molar-refractivity contribution in [2.45, 2.75) is 309 Å². The largest absolute Gasteiger partial charge is 0.466 e. The van der Waals surface area contributed by atoms with Crippen LogP contribution >= 0.6 is 0 Å². The van der Waals surface area contributed by atoms with E-state index in [0.717, 1.165) is 64.7 Å². The van der Waals surface area contributed by atoms with Crippen LogP contribution in [0, 0.1) is 5.92 Å². The molecule has 0 bridgehead atoms. The average molecular weight is 907 g/mol. The van der Waals surface area contributed by atoms with Gasteiger partial charge in [-0.15, -0.1) is 0 Å². The molecule has 0 rings (SSSR count). The van der Waals surface area contributed by atoms with Crippen molar-refractivity contribution in [3.8, 4) is 0 Å². The van der Waals surface area contributed by atoms with Crippen molar-refractivity contribution in [1.82, 2.24) is 0 Å². The first-order chi connectivity index (χ1) is 31.2. The number of carbonyl (C=O) groups is 4. The van der Waals surface area contributed by atoms with E-state index in [2.05, 4.69) is 20.8 Å². The van der Waals surface area contributed by atoms with E-state index < -0.39 is 41.6 Å². The zero-order valence-electron chi connectivity index (χ0n) is 42.9. The molecule has 0 aliphatic carbocycles. The van der Waals surface area contributed by atoms with Crippen molar-refractivity contribution in [2.75, 3.05) is 19.8 Å². The predicted molar refractivity (Wildman–Crippen MR) is 268 cm³/mol. The minimum absolute atomic E-state index is 0.0337. The van der Waals surface area contributed by atoms with E-state index in [-0.39, 0.29) is 19.8 Å². The molecular formula is C56H106O8. The normalized spacial score (nSPS) is 12.8. The van der Waals surface area contributed by atoms with Gasteiger partial charge in [-0.3, -0.25) is 14.4 Å². The van der Waals surface area contributed by atoms with Crippen LogP contribution in [-0.4, -0.2) is 54.2 Å². The van der Waals surface area contributed by atoms with Crippen LogP contribution < -0.4 is 0 Å². The Labute approximate surface area is 396 Å². The summed E-state index contributed by atoms with van der Waals surface area (Å²) in [5.41, 5.74) is -2.71. The van der Waals surface area contributed by atoms with Crippen molar-refractivity contribution >= 4 is 23.7 Å². The monoisotopic (exact) mass is 907 g/mol. The SMILES string of the molecule is CCCCCCCCCCCCCCCCOC(=O)CC(O)(C(=O)OCCCCCCCCCCCCCCCC)C(C(C)=O)C(=O)OCCCCCCCCCCCCCCCC. The zero-order valence-corrected chi connectivity index (χ0v) is 42.9. The van der Waals surface area contributed by atoms with Gasteiger partial charge in [0.15, 0.2) is 11.5 Å². The number of unbranched alkanes of at least 4 members (excludes halogenated alkanes) is 39. The molecule has 0 aliphatic rings. The Kier molecular flexibility index (Phi) is 46.1. The van der Waals surface area contributed by atoms with Crippen molar-refractivity contribution in [3.05, 3.63) is 0 Å². The molecule has 378 valence electrons. The molecular weight excluding hydrogens is 801 g/mol. The number of ketones is 1. The smallest absolute Gasteiger partial charge is 0.340 e. The predicted octanol–water partition coefficient (Wildman–Crippen LogP) is 16.4. The summed E-state index contributed by atoms with van der Waals surface area (Å²) in [6, 6.07) is 0. The standard InChI is InChI=1S/C56H106O8/c1-5-8-11-14-17-20-23-26-29-32-35-38-41-44-47-62-52(58)50-56(61,55(60)64-49-46-43-40-37-34-31-28-25-22-19-16-13-10-7-3)53(51(4)57)54(59)63-48-45-42-39-36-33-30-27-24-21-18-15-12-9-6-2/h53,61H,5-50H2,1-4H3. The quantitative estimate of drug-likeness (QED) is 0.0278. The van der Waals surface area contributed by atoms with Gasteiger partial charge in [0, 0.05) is 0 Å². The summed E-state index contributed by atoms with van der Waals surface area (Å²) < 4.78 is 16.5. The maximum atomic E-state index is 13.6. The van der Waals surface area contributed by atoms with Crippen molar-refractivity contribution in [1.29, 1.82) is 0 Å². The Morgan fingerprint density at radius 3 is 0.859 bits per heavy atom. The first kappa shape index (κ1) is 62.0. The van der Waals surface area contributed by atoms with Gasteiger partial charge in [0.1, 0.15) is 5.78 Å². The van der Waals surface area contributed by atoms with E-state index in [1.807, 2.05) is 0 Å². The highest BCUT2D eigenvalue weighted by molar-refractivity contribution is 6.05. The first-order valence-electron chi connectivity index (χ1n) is 28.0. The van der Waals surface area contributed by atoms with Gasteiger partial charge in [0.25, 0.3) is 0 Å². The fourth-order valence-corrected chi connectivity index (χ4v) is 8.88. The van der Waals surface area contributed by atoms with Gasteiger partial charge in [0.05, 0.1) is 26.2 Å². The lowest BCUT2D eigenvalue weighted by Crippen LogP contribution is -2.55. The van der Waals surface area contributed by atoms with E-state index in [1.54, 1.807) is 0 Å². The lowest BCUT2D eigenvalue weighted by atomic mass is 9.81. The van der Waals surface area contributed by atoms with Gasteiger partial charge < -0.3 is 19.3 Å². The second kappa shape index (κ2) is 47.5. The van der Waals surface area contributed by atoms with Gasteiger partial charge in [-0.25, -0.2) is 4.79 Å². The van der Waals surface area contributed by atoms with Gasteiger partial charge in [-0.2, -0.15) is 0 Å². The maximum absolute atomic E-state index is 13.6. The Balaban J connectivity index is 4.83. The number of ether oxygens (including phenoxy) is 3. The molecule has 2 atom stereocenters. The molecule has 0 aromatic rings. The Morgan fingerprint density at radius 1 is 0.359 bits per heavy atom. The number of esters is 3. The van der Waals surface area contributed by atoms with Crippen LogP contribution in [0.2, 0.25) is 0 Å². The summed E-state index contributed by atoms with van der Waals surface area (Å²) >= 11 is 0. The van der Waals surface area contributed by atoms with Gasteiger partial charge in [-0.05, 0) is 26.2 Å². The lowest BCUT2D eigenvalue weighted by Gasteiger charge is -2.30. The Morgan fingerprint density at radius 2 is 0.594 bits per heavy atom. The molecule has 0 spiro atoms. The lowest BCUT2D eigenvalue weighted by molar-refractivity contribution is -0.187. The average Bonchev–Trinajstić information content (AvgIpc) is 3.27. The van der Waals surface area contributed by atoms with Gasteiger partial charge in [-0.1, -0.05) is 271 Å². The van der Waals surface area contributed by atoms with Crippen LogP contribution in [0.25, 0.3) is 0 Å². The fraction of sp³-hybridized carbons (Fsp3) is 0.929. The van der Waals surface area contributed by atoms with Crippen LogP contribution in [0.5, 0.6) is 0 Å². The molecule has 0 fully saturated rings. The van der Waals surface area contributed by atoms with Gasteiger partial charge >= 0.3 is 17.9 Å². The molecule has 1 N–H and O–H groups in total. The minimum Gasteiger partial charge on any atom is -0.466 e. The molecule has 0 heterocycles. The van der Waals surface area contributed by atoms with Crippen molar-refractivity contribution < 1.29 is 38.5 Å². The fourth-order valence-electron chi connectivity index (χ4n) is 8.88. The summed E-state index contributed by atoms with van der Waals surface area (Å²) in [7, 11) is 0. The number of carbonyl (C=O) groups excluding carboxylic acids is 4. The Hall–Kier alpha value is -1.96. The number of hydrogen-bond acceptors (Lipinski definition) is 8. The third-order valence-corrected chi connectivity index (χ3v) is 13.1. The molecule has 0 radical (unpaired) electrons. The second-order valence-electron chi connectivity index (χ2n) is 19.5. The second-order valence-corrected chi connectivity index (χ2v) is 19.5.